The number of nitriles is 1. The van der Waals surface area contributed by atoms with E-state index >= 15 is 0 Å². The third-order valence-corrected chi connectivity index (χ3v) is 4.19. The highest BCUT2D eigenvalue weighted by Crippen LogP contribution is 2.30. The van der Waals surface area contributed by atoms with Crippen LogP contribution in [0.1, 0.15) is 58.6 Å². The van der Waals surface area contributed by atoms with Crippen LogP contribution in [0.4, 0.5) is 5.82 Å². The van der Waals surface area contributed by atoms with Crippen molar-refractivity contribution >= 4 is 23.4 Å². The summed E-state index contributed by atoms with van der Waals surface area (Å²) in [5.74, 6) is 0.537. The van der Waals surface area contributed by atoms with Gasteiger partial charge in [0.05, 0.1) is 12.6 Å². The van der Waals surface area contributed by atoms with Gasteiger partial charge in [-0.2, -0.15) is 5.26 Å². The smallest absolute Gasteiger partial charge is 0.306 e. The van der Waals surface area contributed by atoms with E-state index in [1.807, 2.05) is 26.8 Å². The second kappa shape index (κ2) is 7.80. The van der Waals surface area contributed by atoms with Crippen LogP contribution in [0.25, 0.3) is 0 Å². The van der Waals surface area contributed by atoms with Gasteiger partial charge >= 0.3 is 5.97 Å². The molecule has 130 valence electrons. The lowest BCUT2D eigenvalue weighted by atomic mass is 9.82. The molecule has 1 heterocycles. The molecule has 7 heteroatoms. The molecule has 0 amide bonds. The van der Waals surface area contributed by atoms with Crippen molar-refractivity contribution in [3.05, 3.63) is 17.0 Å². The number of nitrogens with one attached hydrogen (secondary N) is 1. The molecule has 1 aromatic heterocycles. The SMILES string of the molecule is CC(C)(C)OC(=O)C[C@H]1CCCC[C@H]1Nc1cnc(C#N)c(Cl)n1. The minimum Gasteiger partial charge on any atom is -0.460 e. The largest absolute Gasteiger partial charge is 0.460 e. The third-order valence-electron chi connectivity index (χ3n) is 3.93. The maximum Gasteiger partial charge on any atom is 0.306 e. The molecule has 0 aliphatic heterocycles. The Morgan fingerprint density at radius 2 is 2.17 bits per heavy atom. The van der Waals surface area contributed by atoms with Crippen LogP contribution < -0.4 is 5.32 Å². The van der Waals surface area contributed by atoms with Crippen molar-refractivity contribution in [2.45, 2.75) is 64.5 Å². The van der Waals surface area contributed by atoms with E-state index in [1.165, 1.54) is 6.20 Å². The molecule has 1 aromatic rings. The molecule has 24 heavy (non-hydrogen) atoms. The standard InChI is InChI=1S/C17H23ClN4O2/c1-17(2,3)24-15(23)8-11-6-4-5-7-12(11)21-14-10-20-13(9-19)16(18)22-14/h10-12H,4-8H2,1-3H3,(H,21,22)/t11-,12-/m1/s1. The quantitative estimate of drug-likeness (QED) is 0.833. The maximum absolute atomic E-state index is 12.1. The Kier molecular flexibility index (Phi) is 6.00. The molecule has 6 nitrogen and oxygen atoms in total. The summed E-state index contributed by atoms with van der Waals surface area (Å²) in [7, 11) is 0. The number of anilines is 1. The maximum atomic E-state index is 12.1. The molecule has 2 rings (SSSR count). The number of esters is 1. The summed E-state index contributed by atoms with van der Waals surface area (Å²) >= 11 is 5.93. The summed E-state index contributed by atoms with van der Waals surface area (Å²) in [6.07, 6.45) is 6.00. The van der Waals surface area contributed by atoms with Gasteiger partial charge in [-0.05, 0) is 39.5 Å². The number of hydrogen-bond acceptors (Lipinski definition) is 6. The van der Waals surface area contributed by atoms with Crippen LogP contribution in [0.15, 0.2) is 6.20 Å². The van der Waals surface area contributed by atoms with Gasteiger partial charge in [0.15, 0.2) is 10.8 Å². The first-order chi connectivity index (χ1) is 11.3. The fourth-order valence-electron chi connectivity index (χ4n) is 2.94. The molecule has 0 saturated heterocycles. The van der Waals surface area contributed by atoms with E-state index in [-0.39, 0.29) is 28.8 Å². The Morgan fingerprint density at radius 1 is 1.46 bits per heavy atom. The highest BCUT2D eigenvalue weighted by molar-refractivity contribution is 6.30. The van der Waals surface area contributed by atoms with Crippen molar-refractivity contribution in [2.24, 2.45) is 5.92 Å². The fourth-order valence-corrected chi connectivity index (χ4v) is 3.12. The van der Waals surface area contributed by atoms with Crippen LogP contribution in [0.3, 0.4) is 0 Å². The van der Waals surface area contributed by atoms with Gasteiger partial charge < -0.3 is 10.1 Å². The molecule has 0 aromatic carbocycles. The van der Waals surface area contributed by atoms with Crippen molar-refractivity contribution < 1.29 is 9.53 Å². The van der Waals surface area contributed by atoms with Crippen LogP contribution in [0, 0.1) is 17.2 Å². The summed E-state index contributed by atoms with van der Waals surface area (Å²) in [6.45, 7) is 5.61. The second-order valence-electron chi connectivity index (χ2n) is 7.09. The number of carbonyl (C=O) groups is 1. The molecule has 2 atom stereocenters. The molecule has 1 N–H and O–H groups in total. The van der Waals surface area contributed by atoms with E-state index < -0.39 is 5.60 Å². The molecule has 0 radical (unpaired) electrons. The van der Waals surface area contributed by atoms with Crippen LogP contribution in [0.5, 0.6) is 0 Å². The first kappa shape index (κ1) is 18.5. The molecule has 1 aliphatic rings. The Labute approximate surface area is 147 Å². The van der Waals surface area contributed by atoms with E-state index in [0.29, 0.717) is 12.2 Å². The van der Waals surface area contributed by atoms with Gasteiger partial charge in [0, 0.05) is 6.04 Å². The lowest BCUT2D eigenvalue weighted by Gasteiger charge is -2.32. The van der Waals surface area contributed by atoms with E-state index in [1.54, 1.807) is 0 Å². The Hall–Kier alpha value is -1.87. The van der Waals surface area contributed by atoms with Crippen LogP contribution in [-0.4, -0.2) is 27.6 Å². The Morgan fingerprint density at radius 3 is 2.79 bits per heavy atom. The van der Waals surface area contributed by atoms with Crippen LogP contribution in [-0.2, 0) is 9.53 Å². The normalized spacial score (nSPS) is 21.0. The monoisotopic (exact) mass is 350 g/mol. The van der Waals surface area contributed by atoms with E-state index in [2.05, 4.69) is 15.3 Å². The van der Waals surface area contributed by atoms with Crippen molar-refractivity contribution in [1.29, 1.82) is 5.26 Å². The highest BCUT2D eigenvalue weighted by atomic mass is 35.5. The first-order valence-corrected chi connectivity index (χ1v) is 8.57. The number of hydrogen-bond donors (Lipinski definition) is 1. The second-order valence-corrected chi connectivity index (χ2v) is 7.45. The van der Waals surface area contributed by atoms with Gasteiger partial charge in [-0.25, -0.2) is 9.97 Å². The highest BCUT2D eigenvalue weighted by Gasteiger charge is 2.29. The molecular weight excluding hydrogens is 328 g/mol. The van der Waals surface area contributed by atoms with Crippen molar-refractivity contribution in [3.8, 4) is 6.07 Å². The Bertz CT molecular complexity index is 636. The van der Waals surface area contributed by atoms with Gasteiger partial charge in [0.1, 0.15) is 17.5 Å². The number of aromatic nitrogens is 2. The topological polar surface area (TPSA) is 87.9 Å². The summed E-state index contributed by atoms with van der Waals surface area (Å²) in [6, 6.07) is 2.00. The van der Waals surface area contributed by atoms with Gasteiger partial charge in [-0.15, -0.1) is 0 Å². The molecular formula is C17H23ClN4O2. The van der Waals surface area contributed by atoms with Crippen LogP contribution >= 0.6 is 11.6 Å². The molecule has 0 unspecified atom stereocenters. The molecule has 1 aliphatic carbocycles. The lowest BCUT2D eigenvalue weighted by molar-refractivity contribution is -0.156. The van der Waals surface area contributed by atoms with Crippen molar-refractivity contribution in [1.82, 2.24) is 9.97 Å². The lowest BCUT2D eigenvalue weighted by Crippen LogP contribution is -2.35. The fraction of sp³-hybridized carbons (Fsp3) is 0.647. The number of ether oxygens (including phenoxy) is 1. The summed E-state index contributed by atoms with van der Waals surface area (Å²) < 4.78 is 5.44. The van der Waals surface area contributed by atoms with Crippen LogP contribution in [0.2, 0.25) is 5.15 Å². The summed E-state index contributed by atoms with van der Waals surface area (Å²) in [5, 5.41) is 12.3. The average Bonchev–Trinajstić information content (AvgIpc) is 2.47. The van der Waals surface area contributed by atoms with E-state index in [4.69, 9.17) is 21.6 Å². The summed E-state index contributed by atoms with van der Waals surface area (Å²) in [5.41, 5.74) is -0.364. The van der Waals surface area contributed by atoms with Crippen molar-refractivity contribution in [3.63, 3.8) is 0 Å². The minimum atomic E-state index is -0.471. The summed E-state index contributed by atoms with van der Waals surface area (Å²) in [4.78, 5) is 20.3. The minimum absolute atomic E-state index is 0.0852. The van der Waals surface area contributed by atoms with Gasteiger partial charge in [-0.1, -0.05) is 24.4 Å². The average molecular weight is 351 g/mol. The zero-order valence-corrected chi connectivity index (χ0v) is 15.1. The molecule has 1 fully saturated rings. The number of halogens is 1. The third kappa shape index (κ3) is 5.34. The molecule has 0 bridgehead atoms. The van der Waals surface area contributed by atoms with E-state index in [9.17, 15) is 4.79 Å². The molecule has 0 spiro atoms. The predicted molar refractivity (Wildman–Crippen MR) is 91.6 cm³/mol. The first-order valence-electron chi connectivity index (χ1n) is 8.19. The van der Waals surface area contributed by atoms with Crippen molar-refractivity contribution in [2.75, 3.05) is 5.32 Å². The predicted octanol–water partition coefficient (Wildman–Crippen LogP) is 3.70. The van der Waals surface area contributed by atoms with Gasteiger partial charge in [0.25, 0.3) is 0 Å². The Balaban J connectivity index is 2.03. The number of nitrogens with zero attached hydrogens (tertiary/aromatic N) is 3. The number of carbonyl (C=O) groups excluding carboxylic acids is 1. The van der Waals surface area contributed by atoms with Gasteiger partial charge in [0.2, 0.25) is 0 Å². The number of rotatable bonds is 4. The van der Waals surface area contributed by atoms with Gasteiger partial charge in [-0.3, -0.25) is 4.79 Å². The van der Waals surface area contributed by atoms with E-state index in [0.717, 1.165) is 25.7 Å². The molecule has 1 saturated carbocycles. The zero-order valence-electron chi connectivity index (χ0n) is 14.3. The zero-order chi connectivity index (χ0) is 17.7.